The number of rotatable bonds is 10. The summed E-state index contributed by atoms with van der Waals surface area (Å²) in [5.41, 5.74) is 2.74. The minimum Gasteiger partial charge on any atom is -0.321 e. The molecule has 0 aromatic heterocycles. The van der Waals surface area contributed by atoms with Gasteiger partial charge in [-0.25, -0.2) is 0 Å². The van der Waals surface area contributed by atoms with E-state index >= 15 is 0 Å². The number of nitrogens with zero attached hydrogens (tertiary/aromatic N) is 1. The molecule has 2 N–H and O–H groups in total. The van der Waals surface area contributed by atoms with Gasteiger partial charge in [0.15, 0.2) is 0 Å². The fraction of sp³-hybridized carbons (Fsp3) is 0.0278. The third-order valence-corrected chi connectivity index (χ3v) is 8.19. The van der Waals surface area contributed by atoms with Crippen LogP contribution in [0.3, 0.4) is 0 Å². The molecule has 0 atom stereocenters. The normalized spacial score (nSPS) is 11.0. The van der Waals surface area contributed by atoms with Crippen molar-refractivity contribution in [2.75, 3.05) is 16.0 Å². The second kappa shape index (κ2) is 15.3. The fourth-order valence-corrected chi connectivity index (χ4v) is 5.71. The maximum Gasteiger partial charge on any atom is 0.272 e. The second-order valence-corrected chi connectivity index (χ2v) is 11.5. The zero-order chi connectivity index (χ0) is 31.6. The Balaban J connectivity index is 1.33. The quantitative estimate of drug-likeness (QED) is 0.117. The van der Waals surface area contributed by atoms with Gasteiger partial charge in [0.1, 0.15) is 5.70 Å². The maximum atomic E-state index is 13.5. The van der Waals surface area contributed by atoms with Gasteiger partial charge in [0.05, 0.1) is 5.75 Å². The Morgan fingerprint density at radius 1 is 0.689 bits per heavy atom. The lowest BCUT2D eigenvalue weighted by atomic mass is 10.1. The number of carbonyl (C=O) groups excluding carboxylic acids is 3. The average Bonchev–Trinajstić information content (AvgIpc) is 3.06. The lowest BCUT2D eigenvalue weighted by Gasteiger charge is -2.23. The molecule has 0 aliphatic heterocycles. The standard InChI is InChI=1S/C36H27Cl2N3O3S/c37-31-20-11-21-32(38)30(31)23-33(40-35(43)25-12-4-1-5-13-25)36(44)39-26-14-10-19-29(22-26)45-24-34(42)41(27-15-6-2-7-16-27)28-17-8-3-9-18-28/h1-23H,24H2,(H,39,44)(H,40,43)/b33-23+. The molecule has 6 nitrogen and oxygen atoms in total. The van der Waals surface area contributed by atoms with Crippen molar-refractivity contribution in [3.8, 4) is 0 Å². The van der Waals surface area contributed by atoms with Crippen LogP contribution in [0.1, 0.15) is 15.9 Å². The number of hydrogen-bond acceptors (Lipinski definition) is 4. The van der Waals surface area contributed by atoms with Crippen molar-refractivity contribution in [3.63, 3.8) is 0 Å². The smallest absolute Gasteiger partial charge is 0.272 e. The number of hydrogen-bond donors (Lipinski definition) is 2. The van der Waals surface area contributed by atoms with E-state index in [0.717, 1.165) is 16.3 Å². The van der Waals surface area contributed by atoms with E-state index in [0.29, 0.717) is 26.9 Å². The van der Waals surface area contributed by atoms with Crippen molar-refractivity contribution >= 4 is 75.8 Å². The van der Waals surface area contributed by atoms with Gasteiger partial charge in [-0.05, 0) is 72.8 Å². The Morgan fingerprint density at radius 2 is 1.24 bits per heavy atom. The van der Waals surface area contributed by atoms with Gasteiger partial charge in [0, 0.05) is 43.1 Å². The predicted octanol–water partition coefficient (Wildman–Crippen LogP) is 8.86. The van der Waals surface area contributed by atoms with Gasteiger partial charge in [-0.3, -0.25) is 19.3 Å². The SMILES string of the molecule is O=C(Nc1cccc(SCC(=O)N(c2ccccc2)c2ccccc2)c1)/C(=C\c1c(Cl)cccc1Cl)NC(=O)c1ccccc1. The van der Waals surface area contributed by atoms with E-state index in [2.05, 4.69) is 10.6 Å². The highest BCUT2D eigenvalue weighted by Crippen LogP contribution is 2.29. The Hall–Kier alpha value is -4.82. The molecule has 224 valence electrons. The van der Waals surface area contributed by atoms with Crippen molar-refractivity contribution in [2.24, 2.45) is 0 Å². The fourth-order valence-electron chi connectivity index (χ4n) is 4.40. The molecule has 9 heteroatoms. The van der Waals surface area contributed by atoms with Crippen LogP contribution in [0.5, 0.6) is 0 Å². The van der Waals surface area contributed by atoms with Crippen molar-refractivity contribution < 1.29 is 14.4 Å². The van der Waals surface area contributed by atoms with Crippen LogP contribution in [0.15, 0.2) is 144 Å². The summed E-state index contributed by atoms with van der Waals surface area (Å²) in [6.45, 7) is 0. The molecule has 0 radical (unpaired) electrons. The minimum absolute atomic E-state index is 0.0477. The molecule has 45 heavy (non-hydrogen) atoms. The van der Waals surface area contributed by atoms with Crippen molar-refractivity contribution in [1.82, 2.24) is 5.32 Å². The van der Waals surface area contributed by atoms with Crippen LogP contribution in [0.25, 0.3) is 6.08 Å². The van der Waals surface area contributed by atoms with E-state index < -0.39 is 11.8 Å². The first-order chi connectivity index (χ1) is 21.9. The largest absolute Gasteiger partial charge is 0.321 e. The molecular weight excluding hydrogens is 625 g/mol. The summed E-state index contributed by atoms with van der Waals surface area (Å²) in [7, 11) is 0. The van der Waals surface area contributed by atoms with Crippen molar-refractivity contribution in [1.29, 1.82) is 0 Å². The molecule has 5 aromatic rings. The average molecular weight is 653 g/mol. The Labute approximate surface area is 275 Å². The molecule has 0 aliphatic carbocycles. The number of carbonyl (C=O) groups is 3. The highest BCUT2D eigenvalue weighted by molar-refractivity contribution is 8.00. The number of benzene rings is 5. The van der Waals surface area contributed by atoms with E-state index in [1.165, 1.54) is 17.8 Å². The summed E-state index contributed by atoms with van der Waals surface area (Å²) in [6, 6.07) is 39.6. The lowest BCUT2D eigenvalue weighted by Crippen LogP contribution is -2.30. The summed E-state index contributed by atoms with van der Waals surface area (Å²) >= 11 is 14.1. The molecule has 3 amide bonds. The molecule has 0 saturated heterocycles. The van der Waals surface area contributed by atoms with E-state index in [4.69, 9.17) is 23.2 Å². The Kier molecular flexibility index (Phi) is 10.7. The van der Waals surface area contributed by atoms with Crippen LogP contribution >= 0.6 is 35.0 Å². The summed E-state index contributed by atoms with van der Waals surface area (Å²) < 4.78 is 0. The number of anilines is 3. The van der Waals surface area contributed by atoms with Crippen molar-refractivity contribution in [2.45, 2.75) is 4.90 Å². The molecule has 0 fully saturated rings. The number of nitrogens with one attached hydrogen (secondary N) is 2. The first-order valence-corrected chi connectivity index (χ1v) is 15.6. The summed E-state index contributed by atoms with van der Waals surface area (Å²) in [4.78, 5) is 42.5. The highest BCUT2D eigenvalue weighted by atomic mass is 35.5. The molecular formula is C36H27Cl2N3O3S. The lowest BCUT2D eigenvalue weighted by molar-refractivity contribution is -0.115. The maximum absolute atomic E-state index is 13.5. The van der Waals surface area contributed by atoms with Crippen LogP contribution in [0, 0.1) is 0 Å². The van der Waals surface area contributed by atoms with Crippen LogP contribution in [0.2, 0.25) is 10.0 Å². The van der Waals surface area contributed by atoms with Gasteiger partial charge in [0.2, 0.25) is 5.91 Å². The summed E-state index contributed by atoms with van der Waals surface area (Å²) in [6.07, 6.45) is 1.44. The topological polar surface area (TPSA) is 78.5 Å². The molecule has 5 aromatic carbocycles. The molecule has 0 aliphatic rings. The monoisotopic (exact) mass is 651 g/mol. The molecule has 0 bridgehead atoms. The summed E-state index contributed by atoms with van der Waals surface area (Å²) in [5.74, 6) is -0.987. The number of halogens is 2. The third kappa shape index (κ3) is 8.42. The van der Waals surface area contributed by atoms with E-state index in [9.17, 15) is 14.4 Å². The van der Waals surface area contributed by atoms with E-state index in [1.807, 2.05) is 66.7 Å². The number of amides is 3. The molecule has 0 unspecified atom stereocenters. The second-order valence-electron chi connectivity index (χ2n) is 9.68. The minimum atomic E-state index is -0.576. The predicted molar refractivity (Wildman–Crippen MR) is 184 cm³/mol. The number of thioether (sulfide) groups is 1. The Morgan fingerprint density at radius 3 is 1.84 bits per heavy atom. The van der Waals surface area contributed by atoms with Gasteiger partial charge >= 0.3 is 0 Å². The van der Waals surface area contributed by atoms with Crippen molar-refractivity contribution in [3.05, 3.63) is 160 Å². The molecule has 0 heterocycles. The molecule has 0 spiro atoms. The van der Waals surface area contributed by atoms with Gasteiger partial charge in [0.25, 0.3) is 11.8 Å². The summed E-state index contributed by atoms with van der Waals surface area (Å²) in [5, 5.41) is 6.18. The van der Waals surface area contributed by atoms with Crippen LogP contribution in [-0.2, 0) is 9.59 Å². The molecule has 0 saturated carbocycles. The van der Waals surface area contributed by atoms with Gasteiger partial charge in [-0.2, -0.15) is 0 Å². The first kappa shape index (κ1) is 31.6. The Bertz CT molecular complexity index is 1780. The molecule has 5 rings (SSSR count). The van der Waals surface area contributed by atoms with Gasteiger partial charge < -0.3 is 10.6 Å². The zero-order valence-electron chi connectivity index (χ0n) is 23.8. The third-order valence-electron chi connectivity index (χ3n) is 6.55. The van der Waals surface area contributed by atoms with Gasteiger partial charge in [-0.1, -0.05) is 89.9 Å². The van der Waals surface area contributed by atoms with E-state index in [-0.39, 0.29) is 17.4 Å². The van der Waals surface area contributed by atoms with Crippen LogP contribution in [-0.4, -0.2) is 23.5 Å². The first-order valence-electron chi connectivity index (χ1n) is 13.9. The van der Waals surface area contributed by atoms with E-state index in [1.54, 1.807) is 71.6 Å². The van der Waals surface area contributed by atoms with Crippen LogP contribution in [0.4, 0.5) is 17.1 Å². The zero-order valence-corrected chi connectivity index (χ0v) is 26.2. The highest BCUT2D eigenvalue weighted by Gasteiger charge is 2.19. The van der Waals surface area contributed by atoms with Crippen LogP contribution < -0.4 is 15.5 Å². The van der Waals surface area contributed by atoms with Gasteiger partial charge in [-0.15, -0.1) is 11.8 Å². The number of para-hydroxylation sites is 2.